The molecule has 0 spiro atoms. The molecule has 2 rings (SSSR count). The van der Waals surface area contributed by atoms with E-state index in [4.69, 9.17) is 4.74 Å². The van der Waals surface area contributed by atoms with Gasteiger partial charge in [-0.25, -0.2) is 0 Å². The zero-order valence-corrected chi connectivity index (χ0v) is 13.2. The van der Waals surface area contributed by atoms with Crippen LogP contribution in [0.25, 0.3) is 0 Å². The van der Waals surface area contributed by atoms with E-state index in [1.54, 1.807) is 11.8 Å². The quantitative estimate of drug-likeness (QED) is 0.743. The lowest BCUT2D eigenvalue weighted by Crippen LogP contribution is -3.12. The van der Waals surface area contributed by atoms with Gasteiger partial charge < -0.3 is 14.4 Å². The predicted molar refractivity (Wildman–Crippen MR) is 85.0 cm³/mol. The Kier molecular flexibility index (Phi) is 6.74. The van der Waals surface area contributed by atoms with Gasteiger partial charge in [0.05, 0.1) is 26.2 Å². The van der Waals surface area contributed by atoms with E-state index in [0.29, 0.717) is 6.42 Å². The number of nitrogens with one attached hydrogen (secondary N) is 1. The molecule has 21 heavy (non-hydrogen) atoms. The van der Waals surface area contributed by atoms with Gasteiger partial charge in [-0.2, -0.15) is 0 Å². The summed E-state index contributed by atoms with van der Waals surface area (Å²) < 4.78 is 5.80. The Morgan fingerprint density at radius 3 is 2.52 bits per heavy atom. The number of piperidine rings is 1. The van der Waals surface area contributed by atoms with Crippen LogP contribution < -0.4 is 9.64 Å². The Morgan fingerprint density at radius 2 is 1.86 bits per heavy atom. The number of benzene rings is 1. The molecule has 0 saturated carbocycles. The first-order valence-corrected chi connectivity index (χ1v) is 8.29. The van der Waals surface area contributed by atoms with E-state index >= 15 is 0 Å². The fraction of sp³-hybridized carbons (Fsp3) is 0.611. The molecule has 3 nitrogen and oxygen atoms in total. The number of ketones is 1. The summed E-state index contributed by atoms with van der Waals surface area (Å²) in [5.74, 6) is 1.19. The minimum atomic E-state index is 0.246. The van der Waals surface area contributed by atoms with Crippen LogP contribution in [0.4, 0.5) is 0 Å². The molecule has 1 aromatic rings. The van der Waals surface area contributed by atoms with Crippen molar-refractivity contribution in [2.45, 2.75) is 45.4 Å². The standard InChI is InChI=1S/C18H27NO2/c1-16(20)6-7-17-8-10-18(11-9-17)21-15-5-14-19-12-3-2-4-13-19/h8-11H,2-7,12-15H2,1H3/p+1. The Labute approximate surface area is 128 Å². The fourth-order valence-corrected chi connectivity index (χ4v) is 2.89. The van der Waals surface area contributed by atoms with E-state index in [-0.39, 0.29) is 5.78 Å². The molecule has 0 atom stereocenters. The molecule has 116 valence electrons. The zero-order valence-electron chi connectivity index (χ0n) is 13.2. The largest absolute Gasteiger partial charge is 0.493 e. The maximum atomic E-state index is 11.0. The monoisotopic (exact) mass is 290 g/mol. The fourth-order valence-electron chi connectivity index (χ4n) is 2.89. The van der Waals surface area contributed by atoms with Crippen LogP contribution in [0.2, 0.25) is 0 Å². The number of likely N-dealkylation sites (tertiary alicyclic amines) is 1. The lowest BCUT2D eigenvalue weighted by Gasteiger charge is -2.23. The van der Waals surface area contributed by atoms with Crippen LogP contribution in [0.1, 0.15) is 44.6 Å². The molecule has 0 aliphatic carbocycles. The van der Waals surface area contributed by atoms with Crippen molar-refractivity contribution in [1.29, 1.82) is 0 Å². The molecule has 3 heteroatoms. The first kappa shape index (κ1) is 16.0. The summed E-state index contributed by atoms with van der Waals surface area (Å²) in [6, 6.07) is 8.16. The van der Waals surface area contributed by atoms with Gasteiger partial charge in [-0.05, 0) is 50.3 Å². The molecule has 1 heterocycles. The van der Waals surface area contributed by atoms with E-state index in [9.17, 15) is 4.79 Å². The van der Waals surface area contributed by atoms with Crippen LogP contribution in [0.15, 0.2) is 24.3 Å². The smallest absolute Gasteiger partial charge is 0.130 e. The molecule has 0 aromatic heterocycles. The Hall–Kier alpha value is -1.35. The summed E-state index contributed by atoms with van der Waals surface area (Å²) in [5.41, 5.74) is 1.20. The molecule has 1 aromatic carbocycles. The molecule has 1 saturated heterocycles. The summed E-state index contributed by atoms with van der Waals surface area (Å²) in [7, 11) is 0. The van der Waals surface area contributed by atoms with Crippen molar-refractivity contribution >= 4 is 5.78 Å². The van der Waals surface area contributed by atoms with Crippen LogP contribution in [0.5, 0.6) is 5.75 Å². The lowest BCUT2D eigenvalue weighted by atomic mass is 10.1. The SMILES string of the molecule is CC(=O)CCc1ccc(OCCC[NH+]2CCCCC2)cc1. The van der Waals surface area contributed by atoms with E-state index in [1.807, 2.05) is 12.1 Å². The number of aryl methyl sites for hydroxylation is 1. The zero-order chi connectivity index (χ0) is 14.9. The van der Waals surface area contributed by atoms with Crippen LogP contribution in [-0.2, 0) is 11.2 Å². The van der Waals surface area contributed by atoms with Crippen LogP contribution in [0, 0.1) is 0 Å². The average molecular weight is 290 g/mol. The Balaban J connectivity index is 1.62. The average Bonchev–Trinajstić information content (AvgIpc) is 2.52. The first-order chi connectivity index (χ1) is 10.2. The summed E-state index contributed by atoms with van der Waals surface area (Å²) >= 11 is 0. The highest BCUT2D eigenvalue weighted by Gasteiger charge is 2.12. The van der Waals surface area contributed by atoms with Crippen molar-refractivity contribution < 1.29 is 14.4 Å². The van der Waals surface area contributed by atoms with Crippen LogP contribution in [0.3, 0.4) is 0 Å². The van der Waals surface area contributed by atoms with Gasteiger partial charge in [-0.15, -0.1) is 0 Å². The van der Waals surface area contributed by atoms with Gasteiger partial charge in [0.15, 0.2) is 0 Å². The van der Waals surface area contributed by atoms with Crippen molar-refractivity contribution in [2.24, 2.45) is 0 Å². The number of carbonyl (C=O) groups excluding carboxylic acids is 1. The summed E-state index contributed by atoms with van der Waals surface area (Å²) in [5, 5.41) is 0. The third-order valence-electron chi connectivity index (χ3n) is 4.19. The van der Waals surface area contributed by atoms with E-state index < -0.39 is 0 Å². The molecular weight excluding hydrogens is 262 g/mol. The minimum absolute atomic E-state index is 0.246. The molecule has 1 fully saturated rings. The number of quaternary nitrogens is 1. The topological polar surface area (TPSA) is 30.7 Å². The van der Waals surface area contributed by atoms with Gasteiger partial charge in [0.2, 0.25) is 0 Å². The second-order valence-electron chi connectivity index (χ2n) is 6.11. The van der Waals surface area contributed by atoms with E-state index in [0.717, 1.165) is 25.2 Å². The van der Waals surface area contributed by atoms with Crippen LogP contribution >= 0.6 is 0 Å². The van der Waals surface area contributed by atoms with Crippen molar-refractivity contribution in [1.82, 2.24) is 0 Å². The molecule has 1 aliphatic rings. The maximum absolute atomic E-state index is 11.0. The molecule has 0 unspecified atom stereocenters. The van der Waals surface area contributed by atoms with Gasteiger partial charge in [0.25, 0.3) is 0 Å². The van der Waals surface area contributed by atoms with Crippen molar-refractivity contribution in [3.05, 3.63) is 29.8 Å². The van der Waals surface area contributed by atoms with Gasteiger partial charge in [-0.3, -0.25) is 0 Å². The number of hydrogen-bond acceptors (Lipinski definition) is 2. The third kappa shape index (κ3) is 6.30. The first-order valence-electron chi connectivity index (χ1n) is 8.29. The van der Waals surface area contributed by atoms with Crippen LogP contribution in [-0.4, -0.2) is 32.0 Å². The molecule has 0 amide bonds. The third-order valence-corrected chi connectivity index (χ3v) is 4.19. The van der Waals surface area contributed by atoms with Gasteiger partial charge in [-0.1, -0.05) is 12.1 Å². The number of Topliss-reactive ketones (excluding diaryl/α,β-unsaturated/α-hetero) is 1. The molecule has 1 aliphatic heterocycles. The van der Waals surface area contributed by atoms with Gasteiger partial charge in [0, 0.05) is 12.8 Å². The van der Waals surface area contributed by atoms with Gasteiger partial charge >= 0.3 is 0 Å². The molecule has 0 radical (unpaired) electrons. The molecular formula is C18H28NO2+. The van der Waals surface area contributed by atoms with Crippen molar-refractivity contribution in [3.8, 4) is 5.75 Å². The minimum Gasteiger partial charge on any atom is -0.493 e. The second kappa shape index (κ2) is 8.83. The normalized spacial score (nSPS) is 15.9. The number of rotatable bonds is 8. The highest BCUT2D eigenvalue weighted by Crippen LogP contribution is 2.13. The van der Waals surface area contributed by atoms with Gasteiger partial charge in [0.1, 0.15) is 11.5 Å². The van der Waals surface area contributed by atoms with E-state index in [1.165, 1.54) is 44.5 Å². The highest BCUT2D eigenvalue weighted by atomic mass is 16.5. The number of ether oxygens (including phenoxy) is 1. The Bertz CT molecular complexity index is 421. The second-order valence-corrected chi connectivity index (χ2v) is 6.11. The predicted octanol–water partition coefficient (Wildman–Crippen LogP) is 2.05. The summed E-state index contributed by atoms with van der Waals surface area (Å²) in [4.78, 5) is 12.7. The molecule has 1 N–H and O–H groups in total. The molecule has 0 bridgehead atoms. The summed E-state index contributed by atoms with van der Waals surface area (Å²) in [6.45, 7) is 6.35. The lowest BCUT2D eigenvalue weighted by molar-refractivity contribution is -0.905. The number of carbonyl (C=O) groups is 1. The van der Waals surface area contributed by atoms with Crippen molar-refractivity contribution in [2.75, 3.05) is 26.2 Å². The van der Waals surface area contributed by atoms with Crippen molar-refractivity contribution in [3.63, 3.8) is 0 Å². The van der Waals surface area contributed by atoms with E-state index in [2.05, 4.69) is 12.1 Å². The highest BCUT2D eigenvalue weighted by molar-refractivity contribution is 5.75. The number of hydrogen-bond donors (Lipinski definition) is 1. The maximum Gasteiger partial charge on any atom is 0.130 e. The summed E-state index contributed by atoms with van der Waals surface area (Å²) in [6.07, 6.45) is 6.76. The Morgan fingerprint density at radius 1 is 1.14 bits per heavy atom.